The van der Waals surface area contributed by atoms with Crippen molar-refractivity contribution < 1.29 is 18.3 Å². The summed E-state index contributed by atoms with van der Waals surface area (Å²) in [5.41, 5.74) is 0.317. The van der Waals surface area contributed by atoms with Crippen LogP contribution < -0.4 is 15.4 Å². The van der Waals surface area contributed by atoms with Crippen LogP contribution >= 0.6 is 23.2 Å². The summed E-state index contributed by atoms with van der Waals surface area (Å²) in [5, 5.41) is 5.17. The smallest absolute Gasteiger partial charge is 0.387 e. The molecule has 0 saturated carbocycles. The number of hydrogen-bond acceptors (Lipinski definition) is 3. The summed E-state index contributed by atoms with van der Waals surface area (Å²) in [7, 11) is 1.72. The second-order valence-corrected chi connectivity index (χ2v) is 4.36. The molecule has 0 aliphatic rings. The highest BCUT2D eigenvalue weighted by Gasteiger charge is 2.15. The summed E-state index contributed by atoms with van der Waals surface area (Å²) in [5.74, 6) is -0.560. The molecule has 1 aromatic carbocycles. The van der Waals surface area contributed by atoms with Gasteiger partial charge < -0.3 is 15.4 Å². The Balaban J connectivity index is 2.80. The van der Waals surface area contributed by atoms with Gasteiger partial charge >= 0.3 is 6.61 Å². The summed E-state index contributed by atoms with van der Waals surface area (Å²) < 4.78 is 28.4. The first kappa shape index (κ1) is 15.9. The molecule has 0 radical (unpaired) electrons. The molecule has 0 aromatic heterocycles. The maximum Gasteiger partial charge on any atom is 0.387 e. The Kier molecular flexibility index (Phi) is 6.27. The molecule has 0 heterocycles. The van der Waals surface area contributed by atoms with Gasteiger partial charge in [0.2, 0.25) is 5.91 Å². The number of benzene rings is 1. The number of halogens is 4. The molecule has 8 heteroatoms. The number of anilines is 1. The largest absolute Gasteiger partial charge is 0.432 e. The summed E-state index contributed by atoms with van der Waals surface area (Å²) in [4.78, 5) is 11.5. The van der Waals surface area contributed by atoms with Crippen molar-refractivity contribution in [1.82, 2.24) is 5.32 Å². The molecule has 1 aromatic rings. The number of alkyl halides is 2. The molecule has 0 bridgehead atoms. The third-order valence-corrected chi connectivity index (χ3v) is 2.65. The van der Waals surface area contributed by atoms with Gasteiger partial charge in [0.25, 0.3) is 0 Å². The molecular weight excluding hydrogens is 301 g/mol. The summed E-state index contributed by atoms with van der Waals surface area (Å²) in [6.07, 6.45) is 0.265. The number of carbonyl (C=O) groups excluding carboxylic acids is 1. The Morgan fingerprint density at radius 1 is 1.37 bits per heavy atom. The predicted octanol–water partition coefficient (Wildman–Crippen LogP) is 3.14. The van der Waals surface area contributed by atoms with E-state index in [9.17, 15) is 13.6 Å². The second-order valence-electron chi connectivity index (χ2n) is 3.55. The molecule has 1 amide bonds. The standard InChI is InChI=1S/C11H12Cl2F2N2O2/c1-16-3-2-9(18)17-6-4-7(12)10(8(13)5-6)19-11(14)15/h4-5,11,16H,2-3H2,1H3,(H,17,18). The number of ether oxygens (including phenoxy) is 1. The molecule has 0 fully saturated rings. The minimum atomic E-state index is -3.02. The molecule has 4 nitrogen and oxygen atoms in total. The first-order chi connectivity index (χ1) is 8.93. The Bertz CT molecular complexity index is 435. The van der Waals surface area contributed by atoms with Crippen molar-refractivity contribution in [3.63, 3.8) is 0 Å². The lowest BCUT2D eigenvalue weighted by atomic mass is 10.3. The van der Waals surface area contributed by atoms with E-state index in [2.05, 4.69) is 15.4 Å². The lowest BCUT2D eigenvalue weighted by Crippen LogP contribution is -2.18. The molecule has 0 saturated heterocycles. The number of rotatable bonds is 6. The number of carbonyl (C=O) groups is 1. The zero-order chi connectivity index (χ0) is 14.4. The molecule has 0 spiro atoms. The van der Waals surface area contributed by atoms with Gasteiger partial charge in [-0.2, -0.15) is 8.78 Å². The highest BCUT2D eigenvalue weighted by Crippen LogP contribution is 2.36. The average molecular weight is 313 g/mol. The van der Waals surface area contributed by atoms with Gasteiger partial charge in [0.15, 0.2) is 5.75 Å². The summed E-state index contributed by atoms with van der Waals surface area (Å²) in [6, 6.07) is 2.59. The zero-order valence-electron chi connectivity index (χ0n) is 9.97. The molecule has 0 aliphatic heterocycles. The van der Waals surface area contributed by atoms with Gasteiger partial charge in [-0.3, -0.25) is 4.79 Å². The summed E-state index contributed by atoms with van der Waals surface area (Å²) in [6.45, 7) is -2.51. The zero-order valence-corrected chi connectivity index (χ0v) is 11.5. The lowest BCUT2D eigenvalue weighted by molar-refractivity contribution is -0.116. The molecule has 106 valence electrons. The topological polar surface area (TPSA) is 50.4 Å². The molecule has 0 aliphatic carbocycles. The van der Waals surface area contributed by atoms with Crippen LogP contribution in [-0.2, 0) is 4.79 Å². The van der Waals surface area contributed by atoms with Gasteiger partial charge in [-0.25, -0.2) is 0 Å². The second kappa shape index (κ2) is 7.47. The number of nitrogens with one attached hydrogen (secondary N) is 2. The van der Waals surface area contributed by atoms with Crippen LogP contribution in [0.25, 0.3) is 0 Å². The minimum absolute atomic E-state index is 0.100. The van der Waals surface area contributed by atoms with Crippen molar-refractivity contribution in [3.8, 4) is 5.75 Å². The monoisotopic (exact) mass is 312 g/mol. The number of amides is 1. The highest BCUT2D eigenvalue weighted by atomic mass is 35.5. The predicted molar refractivity (Wildman–Crippen MR) is 70.3 cm³/mol. The van der Waals surface area contributed by atoms with Gasteiger partial charge in [0.05, 0.1) is 10.0 Å². The molecule has 0 unspecified atom stereocenters. The van der Waals surface area contributed by atoms with E-state index in [4.69, 9.17) is 23.2 Å². The van der Waals surface area contributed by atoms with E-state index in [0.29, 0.717) is 12.2 Å². The third kappa shape index (κ3) is 5.18. The first-order valence-electron chi connectivity index (χ1n) is 5.32. The van der Waals surface area contributed by atoms with Gasteiger partial charge in [-0.05, 0) is 19.2 Å². The van der Waals surface area contributed by atoms with Crippen LogP contribution in [0.1, 0.15) is 6.42 Å². The van der Waals surface area contributed by atoms with E-state index >= 15 is 0 Å². The maximum atomic E-state index is 12.1. The van der Waals surface area contributed by atoms with Crippen molar-refractivity contribution in [2.45, 2.75) is 13.0 Å². The van der Waals surface area contributed by atoms with Crippen molar-refractivity contribution >= 4 is 34.8 Å². The van der Waals surface area contributed by atoms with Crippen LogP contribution in [-0.4, -0.2) is 26.1 Å². The van der Waals surface area contributed by atoms with Gasteiger partial charge in [0, 0.05) is 18.7 Å². The molecule has 1 rings (SSSR count). The first-order valence-corrected chi connectivity index (χ1v) is 6.08. The van der Waals surface area contributed by atoms with E-state index in [1.165, 1.54) is 12.1 Å². The van der Waals surface area contributed by atoms with Crippen LogP contribution in [0.4, 0.5) is 14.5 Å². The fourth-order valence-corrected chi connectivity index (χ4v) is 1.87. The SMILES string of the molecule is CNCCC(=O)Nc1cc(Cl)c(OC(F)F)c(Cl)c1. The van der Waals surface area contributed by atoms with E-state index in [0.717, 1.165) is 0 Å². The summed E-state index contributed by atoms with van der Waals surface area (Å²) >= 11 is 11.5. The molecule has 2 N–H and O–H groups in total. The fourth-order valence-electron chi connectivity index (χ4n) is 1.30. The fraction of sp³-hybridized carbons (Fsp3) is 0.364. The van der Waals surface area contributed by atoms with Crippen LogP contribution in [0.2, 0.25) is 10.0 Å². The van der Waals surface area contributed by atoms with E-state index < -0.39 is 6.61 Å². The Morgan fingerprint density at radius 2 is 1.95 bits per heavy atom. The van der Waals surface area contributed by atoms with Crippen molar-refractivity contribution in [2.24, 2.45) is 0 Å². The van der Waals surface area contributed by atoms with Crippen molar-refractivity contribution in [2.75, 3.05) is 18.9 Å². The van der Waals surface area contributed by atoms with E-state index in [1.807, 2.05) is 0 Å². The van der Waals surface area contributed by atoms with Gasteiger partial charge in [-0.1, -0.05) is 23.2 Å². The lowest BCUT2D eigenvalue weighted by Gasteiger charge is -2.11. The Labute approximate surface area is 119 Å². The van der Waals surface area contributed by atoms with Crippen LogP contribution in [0.3, 0.4) is 0 Å². The Morgan fingerprint density at radius 3 is 2.42 bits per heavy atom. The van der Waals surface area contributed by atoms with Crippen LogP contribution in [0.5, 0.6) is 5.75 Å². The Hall–Kier alpha value is -1.11. The van der Waals surface area contributed by atoms with Crippen LogP contribution in [0.15, 0.2) is 12.1 Å². The molecule has 19 heavy (non-hydrogen) atoms. The van der Waals surface area contributed by atoms with Gasteiger partial charge in [-0.15, -0.1) is 0 Å². The number of hydrogen-bond donors (Lipinski definition) is 2. The average Bonchev–Trinajstić information content (AvgIpc) is 2.31. The third-order valence-electron chi connectivity index (χ3n) is 2.09. The minimum Gasteiger partial charge on any atom is -0.432 e. The highest BCUT2D eigenvalue weighted by molar-refractivity contribution is 6.37. The maximum absolute atomic E-state index is 12.1. The van der Waals surface area contributed by atoms with E-state index in [1.54, 1.807) is 7.05 Å². The van der Waals surface area contributed by atoms with Crippen molar-refractivity contribution in [1.29, 1.82) is 0 Å². The van der Waals surface area contributed by atoms with E-state index in [-0.39, 0.29) is 28.1 Å². The van der Waals surface area contributed by atoms with Crippen molar-refractivity contribution in [3.05, 3.63) is 22.2 Å². The van der Waals surface area contributed by atoms with Gasteiger partial charge in [0.1, 0.15) is 0 Å². The van der Waals surface area contributed by atoms with Crippen LogP contribution in [0, 0.1) is 0 Å². The molecule has 0 atom stereocenters. The quantitative estimate of drug-likeness (QED) is 0.848. The molecular formula is C11H12Cl2F2N2O2. The normalized spacial score (nSPS) is 10.6.